The van der Waals surface area contributed by atoms with Gasteiger partial charge >= 0.3 is 12.0 Å². The van der Waals surface area contributed by atoms with Gasteiger partial charge in [-0.15, -0.1) is 5.10 Å². The lowest BCUT2D eigenvalue weighted by Gasteiger charge is -2.37. The minimum Gasteiger partial charge on any atom is -0.456 e. The zero-order valence-corrected chi connectivity index (χ0v) is 18.3. The summed E-state index contributed by atoms with van der Waals surface area (Å²) in [5.41, 5.74) is 1.37. The number of hydrogen-bond acceptors (Lipinski definition) is 9. The average molecular weight is 454 g/mol. The highest BCUT2D eigenvalue weighted by Crippen LogP contribution is 2.29. The molecule has 3 aliphatic rings. The number of aliphatic hydroxyl groups is 1. The summed E-state index contributed by atoms with van der Waals surface area (Å²) in [6, 6.07) is 3.69. The van der Waals surface area contributed by atoms with Crippen molar-refractivity contribution in [3.63, 3.8) is 0 Å². The summed E-state index contributed by atoms with van der Waals surface area (Å²) < 4.78 is 6.43. The first-order chi connectivity index (χ1) is 16.0. The molecule has 2 aromatic heterocycles. The summed E-state index contributed by atoms with van der Waals surface area (Å²) >= 11 is 0. The second kappa shape index (κ2) is 8.87. The largest absolute Gasteiger partial charge is 0.456 e. The van der Waals surface area contributed by atoms with Crippen LogP contribution in [0, 0.1) is 0 Å². The standard InChI is InChI=1S/C21H26N8O4/c1-14-10-27(21(32)29(14)17-8-20(31)33-12-17)16-4-6-26(7-5-16)11-18(30)15-2-3-19(22-9-15)28-13-23-24-25-28/h2-3,8-9,13-14,16,18,30H,4-7,10-12H2,1H3/t14?,18-/m1/s1. The number of urea groups is 1. The molecule has 5 heterocycles. The lowest BCUT2D eigenvalue weighted by Crippen LogP contribution is -2.47. The molecule has 0 radical (unpaired) electrons. The maximum Gasteiger partial charge on any atom is 0.333 e. The molecular formula is C21H26N8O4. The van der Waals surface area contributed by atoms with E-state index in [0.29, 0.717) is 24.6 Å². The number of ether oxygens (including phenoxy) is 1. The fraction of sp³-hybridized carbons (Fsp3) is 0.524. The van der Waals surface area contributed by atoms with Crippen LogP contribution in [0.2, 0.25) is 0 Å². The second-order valence-electron chi connectivity index (χ2n) is 8.65. The SMILES string of the molecule is CC1CN(C2CCN(C[C@@H](O)c3ccc(-n4cnnn4)nc3)CC2)C(=O)N1C1=CC(=O)OC1. The fourth-order valence-corrected chi connectivity index (χ4v) is 4.75. The quantitative estimate of drug-likeness (QED) is 0.605. The molecule has 2 saturated heterocycles. The fourth-order valence-electron chi connectivity index (χ4n) is 4.75. The third kappa shape index (κ3) is 4.31. The van der Waals surface area contributed by atoms with Crippen LogP contribution in [0.15, 0.2) is 36.4 Å². The van der Waals surface area contributed by atoms with Crippen molar-refractivity contribution in [3.05, 3.63) is 42.0 Å². The number of amides is 2. The molecule has 33 heavy (non-hydrogen) atoms. The van der Waals surface area contributed by atoms with Crippen molar-refractivity contribution in [1.82, 2.24) is 39.9 Å². The molecule has 0 aromatic carbocycles. The van der Waals surface area contributed by atoms with E-state index >= 15 is 0 Å². The Morgan fingerprint density at radius 3 is 2.70 bits per heavy atom. The number of carbonyl (C=O) groups excluding carboxylic acids is 2. The number of nitrogens with zero attached hydrogens (tertiary/aromatic N) is 8. The average Bonchev–Trinajstić information content (AvgIpc) is 3.56. The first-order valence-electron chi connectivity index (χ1n) is 11.1. The molecule has 1 N–H and O–H groups in total. The van der Waals surface area contributed by atoms with Crippen LogP contribution in [-0.4, -0.2) is 102 Å². The number of likely N-dealkylation sites (tertiary alicyclic amines) is 1. The molecule has 2 aromatic rings. The molecule has 0 saturated carbocycles. The molecule has 0 aliphatic carbocycles. The normalized spacial score (nSPS) is 23.2. The Labute approximate surface area is 190 Å². The zero-order chi connectivity index (χ0) is 22.9. The first kappa shape index (κ1) is 21.5. The second-order valence-corrected chi connectivity index (χ2v) is 8.65. The van der Waals surface area contributed by atoms with Crippen molar-refractivity contribution >= 4 is 12.0 Å². The van der Waals surface area contributed by atoms with Gasteiger partial charge in [-0.25, -0.2) is 14.6 Å². The summed E-state index contributed by atoms with van der Waals surface area (Å²) in [5, 5.41) is 21.7. The van der Waals surface area contributed by atoms with Crippen LogP contribution >= 0.6 is 0 Å². The monoisotopic (exact) mass is 454 g/mol. The number of rotatable bonds is 6. The van der Waals surface area contributed by atoms with Crippen LogP contribution in [0.4, 0.5) is 4.79 Å². The first-order valence-corrected chi connectivity index (χ1v) is 11.1. The van der Waals surface area contributed by atoms with E-state index in [1.807, 2.05) is 17.9 Å². The van der Waals surface area contributed by atoms with E-state index in [-0.39, 0.29) is 24.7 Å². The van der Waals surface area contributed by atoms with Crippen LogP contribution in [0.1, 0.15) is 31.4 Å². The van der Waals surface area contributed by atoms with Gasteiger partial charge in [-0.3, -0.25) is 4.90 Å². The van der Waals surface area contributed by atoms with Crippen molar-refractivity contribution in [2.45, 2.75) is 38.0 Å². The van der Waals surface area contributed by atoms with Crippen LogP contribution in [0.25, 0.3) is 5.82 Å². The van der Waals surface area contributed by atoms with E-state index in [1.165, 1.54) is 17.1 Å². The molecule has 174 valence electrons. The van der Waals surface area contributed by atoms with Crippen LogP contribution in [0.3, 0.4) is 0 Å². The Hall–Kier alpha value is -3.38. The summed E-state index contributed by atoms with van der Waals surface area (Å²) in [4.78, 5) is 34.6. The van der Waals surface area contributed by atoms with Crippen LogP contribution < -0.4 is 0 Å². The summed E-state index contributed by atoms with van der Waals surface area (Å²) in [6.45, 7) is 4.87. The van der Waals surface area contributed by atoms with Gasteiger partial charge in [-0.1, -0.05) is 6.07 Å². The molecule has 2 amide bonds. The topological polar surface area (TPSA) is 130 Å². The van der Waals surface area contributed by atoms with Crippen molar-refractivity contribution in [1.29, 1.82) is 0 Å². The number of carbonyl (C=O) groups is 2. The minimum absolute atomic E-state index is 0.00174. The highest BCUT2D eigenvalue weighted by Gasteiger charge is 2.42. The number of piperidine rings is 1. The number of tetrazole rings is 1. The number of cyclic esters (lactones) is 1. The van der Waals surface area contributed by atoms with Gasteiger partial charge in [0, 0.05) is 50.1 Å². The van der Waals surface area contributed by atoms with Gasteiger partial charge in [0.1, 0.15) is 12.9 Å². The highest BCUT2D eigenvalue weighted by molar-refractivity contribution is 5.88. The van der Waals surface area contributed by atoms with Crippen molar-refractivity contribution in [3.8, 4) is 5.82 Å². The third-order valence-corrected chi connectivity index (χ3v) is 6.48. The number of hydrogen-bond donors (Lipinski definition) is 1. The van der Waals surface area contributed by atoms with Gasteiger partial charge < -0.3 is 19.6 Å². The number of aliphatic hydroxyl groups excluding tert-OH is 1. The molecule has 1 unspecified atom stereocenters. The predicted octanol–water partition coefficient (Wildman–Crippen LogP) is 0.122. The Morgan fingerprint density at radius 2 is 2.06 bits per heavy atom. The van der Waals surface area contributed by atoms with Crippen LogP contribution in [0.5, 0.6) is 0 Å². The van der Waals surface area contributed by atoms with Crippen LogP contribution in [-0.2, 0) is 9.53 Å². The Bertz CT molecular complexity index is 1030. The van der Waals surface area contributed by atoms with Crippen molar-refractivity contribution < 1.29 is 19.4 Å². The Balaban J connectivity index is 1.14. The number of pyridine rings is 1. The predicted molar refractivity (Wildman–Crippen MR) is 114 cm³/mol. The van der Waals surface area contributed by atoms with Gasteiger partial charge in [0.2, 0.25) is 0 Å². The molecule has 0 bridgehead atoms. The van der Waals surface area contributed by atoms with Gasteiger partial charge in [0.05, 0.1) is 17.8 Å². The van der Waals surface area contributed by atoms with E-state index in [2.05, 4.69) is 25.4 Å². The molecule has 3 aliphatic heterocycles. The molecule has 12 nitrogen and oxygen atoms in total. The zero-order valence-electron chi connectivity index (χ0n) is 18.3. The van der Waals surface area contributed by atoms with Gasteiger partial charge in [-0.2, -0.15) is 4.68 Å². The maximum atomic E-state index is 13.0. The molecule has 0 spiro atoms. The van der Waals surface area contributed by atoms with E-state index in [0.717, 1.165) is 31.5 Å². The molecule has 2 atom stereocenters. The van der Waals surface area contributed by atoms with E-state index in [1.54, 1.807) is 17.2 Å². The van der Waals surface area contributed by atoms with E-state index in [4.69, 9.17) is 4.74 Å². The molecule has 5 rings (SSSR count). The van der Waals surface area contributed by atoms with Gasteiger partial charge in [0.15, 0.2) is 5.82 Å². The van der Waals surface area contributed by atoms with E-state index < -0.39 is 12.1 Å². The van der Waals surface area contributed by atoms with Crippen molar-refractivity contribution in [2.75, 3.05) is 32.8 Å². The molecular weight excluding hydrogens is 428 g/mol. The van der Waals surface area contributed by atoms with Gasteiger partial charge in [-0.05, 0) is 36.3 Å². The number of esters is 1. The smallest absolute Gasteiger partial charge is 0.333 e. The summed E-state index contributed by atoms with van der Waals surface area (Å²) in [5.74, 6) is 0.190. The van der Waals surface area contributed by atoms with E-state index in [9.17, 15) is 14.7 Å². The minimum atomic E-state index is -0.659. The maximum absolute atomic E-state index is 13.0. The highest BCUT2D eigenvalue weighted by atomic mass is 16.5. The summed E-state index contributed by atoms with van der Waals surface area (Å²) in [7, 11) is 0. The molecule has 12 heteroatoms. The Kier molecular flexibility index (Phi) is 5.77. The van der Waals surface area contributed by atoms with Crippen molar-refractivity contribution in [2.24, 2.45) is 0 Å². The lowest BCUT2D eigenvalue weighted by atomic mass is 10.0. The molecule has 2 fully saturated rings. The number of aromatic nitrogens is 5. The third-order valence-electron chi connectivity index (χ3n) is 6.48. The number of β-amino-alcohol motifs (C(OH)–C–C–N with tert-alkyl or cyclic N) is 1. The summed E-state index contributed by atoms with van der Waals surface area (Å²) in [6.07, 6.45) is 5.53. The van der Waals surface area contributed by atoms with Gasteiger partial charge in [0.25, 0.3) is 0 Å². The Morgan fingerprint density at radius 1 is 1.24 bits per heavy atom. The lowest BCUT2D eigenvalue weighted by molar-refractivity contribution is -0.135.